The van der Waals surface area contributed by atoms with Crippen LogP contribution >= 0.6 is 15.9 Å². The van der Waals surface area contributed by atoms with Gasteiger partial charge >= 0.3 is 0 Å². The van der Waals surface area contributed by atoms with Crippen LogP contribution in [0.5, 0.6) is 0 Å². The standard InChI is InChI=1S/C14H23BrN2O/c1-5-16-11(3)13-7-6-12(15)8-14(13)17(4)9-10(2)18/h6-8,10-11,16,18H,5,9H2,1-4H3. The molecule has 0 spiro atoms. The lowest BCUT2D eigenvalue weighted by atomic mass is 10.0. The Morgan fingerprint density at radius 1 is 1.39 bits per heavy atom. The number of aliphatic hydroxyl groups is 1. The summed E-state index contributed by atoms with van der Waals surface area (Å²) in [5.41, 5.74) is 2.40. The molecule has 2 atom stereocenters. The van der Waals surface area contributed by atoms with E-state index in [1.165, 1.54) is 5.56 Å². The number of nitrogens with zero attached hydrogens (tertiary/aromatic N) is 1. The summed E-state index contributed by atoms with van der Waals surface area (Å²) in [7, 11) is 2.01. The van der Waals surface area contributed by atoms with Crippen LogP contribution in [-0.2, 0) is 0 Å². The van der Waals surface area contributed by atoms with Crippen molar-refractivity contribution in [1.29, 1.82) is 0 Å². The van der Waals surface area contributed by atoms with Crippen molar-refractivity contribution in [1.82, 2.24) is 5.32 Å². The Kier molecular flexibility index (Phi) is 6.12. The fraction of sp³-hybridized carbons (Fsp3) is 0.571. The normalized spacial score (nSPS) is 14.3. The summed E-state index contributed by atoms with van der Waals surface area (Å²) < 4.78 is 1.06. The minimum atomic E-state index is -0.337. The average Bonchev–Trinajstić information content (AvgIpc) is 2.28. The van der Waals surface area contributed by atoms with Crippen LogP contribution in [0.4, 0.5) is 5.69 Å². The molecule has 1 aromatic carbocycles. The van der Waals surface area contributed by atoms with Gasteiger partial charge in [0.05, 0.1) is 6.10 Å². The van der Waals surface area contributed by atoms with Crippen LogP contribution in [0.3, 0.4) is 0 Å². The van der Waals surface area contributed by atoms with Gasteiger partial charge in [0, 0.05) is 29.8 Å². The van der Waals surface area contributed by atoms with Gasteiger partial charge in [-0.25, -0.2) is 0 Å². The SMILES string of the molecule is CCNC(C)c1ccc(Br)cc1N(C)CC(C)O. The summed E-state index contributed by atoms with van der Waals surface area (Å²) in [5, 5.41) is 12.9. The van der Waals surface area contributed by atoms with Crippen molar-refractivity contribution in [3.8, 4) is 0 Å². The van der Waals surface area contributed by atoms with Gasteiger partial charge in [-0.15, -0.1) is 0 Å². The second-order valence-electron chi connectivity index (χ2n) is 4.71. The highest BCUT2D eigenvalue weighted by molar-refractivity contribution is 9.10. The minimum Gasteiger partial charge on any atom is -0.392 e. The van der Waals surface area contributed by atoms with E-state index >= 15 is 0 Å². The van der Waals surface area contributed by atoms with Gasteiger partial charge in [-0.3, -0.25) is 0 Å². The molecule has 18 heavy (non-hydrogen) atoms. The molecule has 0 aliphatic heterocycles. The highest BCUT2D eigenvalue weighted by Gasteiger charge is 2.14. The lowest BCUT2D eigenvalue weighted by molar-refractivity contribution is 0.201. The van der Waals surface area contributed by atoms with Crippen LogP contribution < -0.4 is 10.2 Å². The van der Waals surface area contributed by atoms with E-state index < -0.39 is 0 Å². The van der Waals surface area contributed by atoms with Crippen LogP contribution in [0, 0.1) is 0 Å². The number of nitrogens with one attached hydrogen (secondary N) is 1. The number of halogens is 1. The summed E-state index contributed by atoms with van der Waals surface area (Å²) in [5.74, 6) is 0. The molecule has 0 aliphatic rings. The number of anilines is 1. The molecule has 0 radical (unpaired) electrons. The molecule has 2 N–H and O–H groups in total. The molecule has 102 valence electrons. The van der Waals surface area contributed by atoms with Gasteiger partial charge < -0.3 is 15.3 Å². The number of aliphatic hydroxyl groups excluding tert-OH is 1. The van der Waals surface area contributed by atoms with Gasteiger partial charge in [0.15, 0.2) is 0 Å². The minimum absolute atomic E-state index is 0.301. The largest absolute Gasteiger partial charge is 0.392 e. The average molecular weight is 315 g/mol. The molecular weight excluding hydrogens is 292 g/mol. The summed E-state index contributed by atoms with van der Waals surface area (Å²) in [6, 6.07) is 6.59. The van der Waals surface area contributed by atoms with E-state index in [-0.39, 0.29) is 6.10 Å². The molecular formula is C14H23BrN2O. The molecule has 0 bridgehead atoms. The van der Waals surface area contributed by atoms with Gasteiger partial charge in [0.2, 0.25) is 0 Å². The van der Waals surface area contributed by atoms with E-state index in [9.17, 15) is 5.11 Å². The molecule has 0 aliphatic carbocycles. The molecule has 3 nitrogen and oxygen atoms in total. The maximum absolute atomic E-state index is 9.52. The van der Waals surface area contributed by atoms with E-state index in [2.05, 4.69) is 58.2 Å². The van der Waals surface area contributed by atoms with E-state index in [4.69, 9.17) is 0 Å². The van der Waals surface area contributed by atoms with Gasteiger partial charge in [0.1, 0.15) is 0 Å². The summed E-state index contributed by atoms with van der Waals surface area (Å²) >= 11 is 3.51. The first-order valence-corrected chi connectivity index (χ1v) is 7.17. The number of benzene rings is 1. The molecule has 0 heterocycles. The quantitative estimate of drug-likeness (QED) is 0.847. The van der Waals surface area contributed by atoms with Crippen LogP contribution in [0.15, 0.2) is 22.7 Å². The summed E-state index contributed by atoms with van der Waals surface area (Å²) in [6.07, 6.45) is -0.337. The Balaban J connectivity index is 3.02. The fourth-order valence-electron chi connectivity index (χ4n) is 2.12. The van der Waals surface area contributed by atoms with E-state index in [0.29, 0.717) is 12.6 Å². The van der Waals surface area contributed by atoms with E-state index in [1.807, 2.05) is 14.0 Å². The third-order valence-electron chi connectivity index (χ3n) is 2.92. The van der Waals surface area contributed by atoms with Crippen molar-refractivity contribution < 1.29 is 5.11 Å². The number of rotatable bonds is 6. The maximum atomic E-state index is 9.52. The smallest absolute Gasteiger partial charge is 0.0686 e. The number of hydrogen-bond acceptors (Lipinski definition) is 3. The first-order chi connectivity index (χ1) is 8.45. The zero-order valence-corrected chi connectivity index (χ0v) is 13.2. The molecule has 0 amide bonds. The molecule has 0 aromatic heterocycles. The van der Waals surface area contributed by atoms with Crippen molar-refractivity contribution in [2.45, 2.75) is 32.9 Å². The van der Waals surface area contributed by atoms with Gasteiger partial charge in [-0.1, -0.05) is 28.9 Å². The molecule has 0 saturated carbocycles. The van der Waals surface area contributed by atoms with Crippen molar-refractivity contribution >= 4 is 21.6 Å². The lowest BCUT2D eigenvalue weighted by Gasteiger charge is -2.26. The Hall–Kier alpha value is -0.580. The van der Waals surface area contributed by atoms with Crippen LogP contribution in [0.1, 0.15) is 32.4 Å². The third kappa shape index (κ3) is 4.26. The van der Waals surface area contributed by atoms with E-state index in [0.717, 1.165) is 16.7 Å². The molecule has 4 heteroatoms. The zero-order chi connectivity index (χ0) is 13.7. The van der Waals surface area contributed by atoms with Gasteiger partial charge in [-0.2, -0.15) is 0 Å². The lowest BCUT2D eigenvalue weighted by Crippen LogP contribution is -2.29. The topological polar surface area (TPSA) is 35.5 Å². The third-order valence-corrected chi connectivity index (χ3v) is 3.41. The molecule has 0 saturated heterocycles. The first kappa shape index (κ1) is 15.5. The number of likely N-dealkylation sites (N-methyl/N-ethyl adjacent to an activating group) is 1. The Labute approximate surface area is 118 Å². The summed E-state index contributed by atoms with van der Waals surface area (Å²) in [4.78, 5) is 2.10. The highest BCUT2D eigenvalue weighted by atomic mass is 79.9. The van der Waals surface area contributed by atoms with Gasteiger partial charge in [-0.05, 0) is 38.1 Å². The predicted octanol–water partition coefficient (Wildman–Crippen LogP) is 2.94. The molecule has 1 aromatic rings. The fourth-order valence-corrected chi connectivity index (χ4v) is 2.47. The monoisotopic (exact) mass is 314 g/mol. The Morgan fingerprint density at radius 2 is 2.06 bits per heavy atom. The summed E-state index contributed by atoms with van der Waals surface area (Å²) in [6.45, 7) is 7.64. The van der Waals surface area contributed by atoms with Crippen molar-refractivity contribution in [2.24, 2.45) is 0 Å². The van der Waals surface area contributed by atoms with Crippen molar-refractivity contribution in [2.75, 3.05) is 25.0 Å². The van der Waals surface area contributed by atoms with E-state index in [1.54, 1.807) is 0 Å². The second kappa shape index (κ2) is 7.12. The van der Waals surface area contributed by atoms with Crippen LogP contribution in [0.25, 0.3) is 0 Å². The van der Waals surface area contributed by atoms with Crippen molar-refractivity contribution in [3.63, 3.8) is 0 Å². The van der Waals surface area contributed by atoms with Crippen LogP contribution in [-0.4, -0.2) is 31.3 Å². The van der Waals surface area contributed by atoms with Gasteiger partial charge in [0.25, 0.3) is 0 Å². The predicted molar refractivity (Wildman–Crippen MR) is 81.2 cm³/mol. The zero-order valence-electron chi connectivity index (χ0n) is 11.6. The molecule has 2 unspecified atom stereocenters. The first-order valence-electron chi connectivity index (χ1n) is 6.37. The second-order valence-corrected chi connectivity index (χ2v) is 5.63. The van der Waals surface area contributed by atoms with Crippen molar-refractivity contribution in [3.05, 3.63) is 28.2 Å². The van der Waals surface area contributed by atoms with Crippen LogP contribution in [0.2, 0.25) is 0 Å². The Morgan fingerprint density at radius 3 is 2.61 bits per heavy atom. The molecule has 0 fully saturated rings. The maximum Gasteiger partial charge on any atom is 0.0686 e. The molecule has 1 rings (SSSR count). The number of hydrogen-bond donors (Lipinski definition) is 2. The Bertz CT molecular complexity index is 382. The highest BCUT2D eigenvalue weighted by Crippen LogP contribution is 2.29.